The molecule has 0 spiro atoms. The predicted octanol–water partition coefficient (Wildman–Crippen LogP) is 2.08. The van der Waals surface area contributed by atoms with E-state index in [9.17, 15) is 9.59 Å². The minimum atomic E-state index is -0.733. The van der Waals surface area contributed by atoms with Crippen LogP contribution in [0, 0.1) is 0 Å². The van der Waals surface area contributed by atoms with Crippen molar-refractivity contribution in [3.05, 3.63) is 47.0 Å². The highest BCUT2D eigenvalue weighted by Crippen LogP contribution is 2.20. The Labute approximate surface area is 131 Å². The molecule has 1 heterocycles. The minimum Gasteiger partial charge on any atom is -0.357 e. The molecule has 2 amide bonds. The molecule has 0 aliphatic rings. The number of carbonyl (C=O) groups excluding carboxylic acids is 2. The lowest BCUT2D eigenvalue weighted by molar-refractivity contribution is -0.122. The van der Waals surface area contributed by atoms with Crippen molar-refractivity contribution in [1.82, 2.24) is 15.6 Å². The van der Waals surface area contributed by atoms with Gasteiger partial charge in [-0.3, -0.25) is 9.59 Å². The molecule has 0 aliphatic heterocycles. The molecule has 1 aromatic carbocycles. The van der Waals surface area contributed by atoms with Crippen molar-refractivity contribution in [2.75, 3.05) is 13.3 Å². The Bertz CT molecular complexity index is 628. The Hall–Kier alpha value is -1.86. The van der Waals surface area contributed by atoms with Crippen LogP contribution in [0.5, 0.6) is 0 Å². The molecule has 0 saturated heterocycles. The fraction of sp³-hybridized carbons (Fsp3) is 0.214. The fourth-order valence-corrected chi connectivity index (χ4v) is 2.99. The highest BCUT2D eigenvalue weighted by Gasteiger charge is 2.23. The maximum Gasteiger partial charge on any atom is 0.271 e. The zero-order valence-electron chi connectivity index (χ0n) is 11.6. The van der Waals surface area contributed by atoms with E-state index >= 15 is 0 Å². The van der Waals surface area contributed by atoms with Crippen LogP contribution in [-0.4, -0.2) is 30.1 Å². The summed E-state index contributed by atoms with van der Waals surface area (Å²) in [5, 5.41) is 6.97. The van der Waals surface area contributed by atoms with Gasteiger partial charge >= 0.3 is 0 Å². The van der Waals surface area contributed by atoms with Gasteiger partial charge in [0.25, 0.3) is 5.91 Å². The van der Waals surface area contributed by atoms with E-state index in [4.69, 9.17) is 0 Å². The van der Waals surface area contributed by atoms with Crippen LogP contribution in [0.1, 0.15) is 22.1 Å². The second-order valence-electron chi connectivity index (χ2n) is 4.13. The number of nitrogens with one attached hydrogen (secondary N) is 2. The molecular weight excluding hydrogens is 306 g/mol. The normalized spacial score (nSPS) is 11.7. The molecule has 0 radical (unpaired) electrons. The zero-order chi connectivity index (χ0) is 15.2. The lowest BCUT2D eigenvalue weighted by Gasteiger charge is -2.17. The van der Waals surface area contributed by atoms with E-state index in [2.05, 4.69) is 15.6 Å². The van der Waals surface area contributed by atoms with Crippen LogP contribution in [0.25, 0.3) is 0 Å². The van der Waals surface area contributed by atoms with Crippen molar-refractivity contribution in [2.45, 2.75) is 10.4 Å². The molecule has 0 bridgehead atoms. The van der Waals surface area contributed by atoms with Crippen molar-refractivity contribution in [3.63, 3.8) is 0 Å². The summed E-state index contributed by atoms with van der Waals surface area (Å²) in [6.45, 7) is 0. The minimum absolute atomic E-state index is 0.269. The Morgan fingerprint density at radius 3 is 2.57 bits per heavy atom. The number of thioether (sulfide) groups is 1. The average Bonchev–Trinajstić information content (AvgIpc) is 3.01. The molecule has 7 heteroatoms. The molecule has 0 unspecified atom stereocenters. The highest BCUT2D eigenvalue weighted by atomic mass is 32.2. The smallest absolute Gasteiger partial charge is 0.271 e. The molecule has 1 aromatic heterocycles. The van der Waals surface area contributed by atoms with Crippen LogP contribution < -0.4 is 10.6 Å². The third kappa shape index (κ3) is 3.83. The van der Waals surface area contributed by atoms with Crippen molar-refractivity contribution in [2.24, 2.45) is 0 Å². The molecule has 2 aromatic rings. The van der Waals surface area contributed by atoms with Gasteiger partial charge in [0.2, 0.25) is 5.91 Å². The Morgan fingerprint density at radius 2 is 2.00 bits per heavy atom. The first-order valence-corrected chi connectivity index (χ1v) is 8.33. The second-order valence-corrected chi connectivity index (χ2v) is 6.05. The quantitative estimate of drug-likeness (QED) is 0.827. The van der Waals surface area contributed by atoms with E-state index in [1.54, 1.807) is 24.6 Å². The fourth-order valence-electron chi connectivity index (χ4n) is 1.75. The van der Waals surface area contributed by atoms with E-state index in [1.807, 2.05) is 24.5 Å². The average molecular weight is 321 g/mol. The van der Waals surface area contributed by atoms with Crippen LogP contribution in [0.4, 0.5) is 0 Å². The Kier molecular flexibility index (Phi) is 5.35. The van der Waals surface area contributed by atoms with E-state index < -0.39 is 6.04 Å². The topological polar surface area (TPSA) is 71.1 Å². The molecule has 0 aliphatic carbocycles. The van der Waals surface area contributed by atoms with Crippen LogP contribution in [0.15, 0.2) is 40.1 Å². The summed E-state index contributed by atoms with van der Waals surface area (Å²) in [6, 6.07) is 8.38. The number of nitrogens with zero attached hydrogens (tertiary/aromatic N) is 1. The summed E-state index contributed by atoms with van der Waals surface area (Å²) in [7, 11) is 1.54. The maximum absolute atomic E-state index is 12.2. The largest absolute Gasteiger partial charge is 0.357 e. The zero-order valence-corrected chi connectivity index (χ0v) is 13.3. The van der Waals surface area contributed by atoms with Gasteiger partial charge in [0, 0.05) is 12.4 Å². The molecule has 5 nitrogen and oxygen atoms in total. The predicted molar refractivity (Wildman–Crippen MR) is 84.6 cm³/mol. The van der Waals surface area contributed by atoms with Gasteiger partial charge < -0.3 is 10.6 Å². The number of benzene rings is 1. The number of amides is 2. The molecule has 2 rings (SSSR count). The van der Waals surface area contributed by atoms with Crippen LogP contribution in [0.2, 0.25) is 0 Å². The SMILES string of the molecule is CNC(=O)[C@@H](NC(=O)c1csc(SC)n1)c1ccccc1. The van der Waals surface area contributed by atoms with Gasteiger partial charge in [-0.1, -0.05) is 42.1 Å². The second kappa shape index (κ2) is 7.24. The van der Waals surface area contributed by atoms with Gasteiger partial charge in [-0.05, 0) is 11.8 Å². The van der Waals surface area contributed by atoms with Gasteiger partial charge in [0.1, 0.15) is 16.1 Å². The standard InChI is InChI=1S/C14H15N3O2S2/c1-15-13(19)11(9-6-4-3-5-7-9)17-12(18)10-8-21-14(16-10)20-2/h3-8,11H,1-2H3,(H,15,19)(H,17,18)/t11-/m0/s1. The first-order valence-electron chi connectivity index (χ1n) is 6.22. The maximum atomic E-state index is 12.2. The van der Waals surface area contributed by atoms with Gasteiger partial charge in [-0.15, -0.1) is 11.3 Å². The van der Waals surface area contributed by atoms with E-state index in [-0.39, 0.29) is 11.8 Å². The number of carbonyl (C=O) groups is 2. The molecule has 21 heavy (non-hydrogen) atoms. The van der Waals surface area contributed by atoms with E-state index in [0.29, 0.717) is 5.69 Å². The lowest BCUT2D eigenvalue weighted by Crippen LogP contribution is -2.39. The number of likely N-dealkylation sites (N-methyl/N-ethyl adjacent to an activating group) is 1. The van der Waals surface area contributed by atoms with Gasteiger partial charge in [0.15, 0.2) is 0 Å². The van der Waals surface area contributed by atoms with Crippen LogP contribution >= 0.6 is 23.1 Å². The highest BCUT2D eigenvalue weighted by molar-refractivity contribution is 8.00. The van der Waals surface area contributed by atoms with Crippen LogP contribution in [-0.2, 0) is 4.79 Å². The van der Waals surface area contributed by atoms with Gasteiger partial charge in [-0.25, -0.2) is 4.98 Å². The first-order chi connectivity index (χ1) is 10.2. The number of thiazole rings is 1. The summed E-state index contributed by atoms with van der Waals surface area (Å²) >= 11 is 2.89. The monoisotopic (exact) mass is 321 g/mol. The first kappa shape index (κ1) is 15.5. The number of hydrogen-bond donors (Lipinski definition) is 2. The molecule has 2 N–H and O–H groups in total. The lowest BCUT2D eigenvalue weighted by atomic mass is 10.1. The molecule has 1 atom stereocenters. The van der Waals surface area contributed by atoms with Crippen LogP contribution in [0.3, 0.4) is 0 Å². The Morgan fingerprint density at radius 1 is 1.29 bits per heavy atom. The summed E-state index contributed by atoms with van der Waals surface area (Å²) < 4.78 is 0.816. The van der Waals surface area contributed by atoms with Crippen molar-refractivity contribution in [1.29, 1.82) is 0 Å². The van der Waals surface area contributed by atoms with Crippen molar-refractivity contribution in [3.8, 4) is 0 Å². The summed E-state index contributed by atoms with van der Waals surface area (Å²) in [6.07, 6.45) is 1.90. The third-order valence-electron chi connectivity index (χ3n) is 2.81. The van der Waals surface area contributed by atoms with E-state index in [1.165, 1.54) is 23.1 Å². The molecule has 0 saturated carbocycles. The van der Waals surface area contributed by atoms with Gasteiger partial charge in [-0.2, -0.15) is 0 Å². The van der Waals surface area contributed by atoms with Gasteiger partial charge in [0.05, 0.1) is 0 Å². The third-order valence-corrected chi connectivity index (χ3v) is 4.67. The molecular formula is C14H15N3O2S2. The van der Waals surface area contributed by atoms with Crippen molar-refractivity contribution < 1.29 is 9.59 Å². The summed E-state index contributed by atoms with van der Waals surface area (Å²) in [5.41, 5.74) is 1.06. The molecule has 0 fully saturated rings. The number of rotatable bonds is 5. The number of aromatic nitrogens is 1. The van der Waals surface area contributed by atoms with Crippen molar-refractivity contribution >= 4 is 34.9 Å². The van der Waals surface area contributed by atoms with E-state index in [0.717, 1.165) is 9.90 Å². The Balaban J connectivity index is 2.19. The number of hydrogen-bond acceptors (Lipinski definition) is 5. The molecule has 110 valence electrons. The summed E-state index contributed by atoms with van der Waals surface area (Å²) in [4.78, 5) is 28.4. The summed E-state index contributed by atoms with van der Waals surface area (Å²) in [5.74, 6) is -0.626.